The van der Waals surface area contributed by atoms with E-state index in [1.165, 1.54) is 0 Å². The van der Waals surface area contributed by atoms with Gasteiger partial charge in [-0.2, -0.15) is 17.6 Å². The van der Waals surface area contributed by atoms with Gasteiger partial charge in [0.2, 0.25) is 5.83 Å². The van der Waals surface area contributed by atoms with E-state index in [4.69, 9.17) is 0 Å². The van der Waals surface area contributed by atoms with Crippen molar-refractivity contribution in [1.82, 2.24) is 0 Å². The van der Waals surface area contributed by atoms with Crippen molar-refractivity contribution in [2.24, 2.45) is 0 Å². The van der Waals surface area contributed by atoms with Gasteiger partial charge in [-0.3, -0.25) is 0 Å². The van der Waals surface area contributed by atoms with E-state index >= 15 is 0 Å². The van der Waals surface area contributed by atoms with Gasteiger partial charge in [0, 0.05) is 0 Å². The van der Waals surface area contributed by atoms with Crippen LogP contribution in [0.3, 0.4) is 0 Å². The Morgan fingerprint density at radius 2 is 1.55 bits per heavy atom. The average Bonchev–Trinajstić information content (AvgIpc) is 1.91. The molecule has 7 heteroatoms. The van der Waals surface area contributed by atoms with Gasteiger partial charge in [-0.1, -0.05) is 11.6 Å². The first-order chi connectivity index (χ1) is 4.77. The predicted octanol–water partition coefficient (Wildman–Crippen LogP) is 3.34. The summed E-state index contributed by atoms with van der Waals surface area (Å²) in [6.07, 6.45) is 0. The van der Waals surface area contributed by atoms with Crippen LogP contribution >= 0.6 is 23.4 Å². The molecule has 0 saturated heterocycles. The van der Waals surface area contributed by atoms with Crippen LogP contribution in [-0.2, 0) is 0 Å². The highest BCUT2D eigenvalue weighted by Crippen LogP contribution is 2.58. The van der Waals surface area contributed by atoms with Gasteiger partial charge in [-0.25, -0.2) is 4.39 Å². The summed E-state index contributed by atoms with van der Waals surface area (Å²) in [5.41, 5.74) is 0. The van der Waals surface area contributed by atoms with Crippen LogP contribution < -0.4 is 0 Å². The van der Waals surface area contributed by atoms with Crippen LogP contribution in [0.4, 0.5) is 22.0 Å². The molecule has 0 aliphatic carbocycles. The normalized spacial score (nSPS) is 27.8. The molecule has 1 aliphatic rings. The van der Waals surface area contributed by atoms with Crippen LogP contribution in [0.25, 0.3) is 0 Å². The molecular formula is C4ClF5S. The molecular weight excluding hydrogens is 211 g/mol. The first-order valence-electron chi connectivity index (χ1n) is 2.29. The molecule has 0 aromatic heterocycles. The van der Waals surface area contributed by atoms with E-state index in [1.54, 1.807) is 0 Å². The first kappa shape index (κ1) is 9.12. The van der Waals surface area contributed by atoms with Crippen molar-refractivity contribution in [3.05, 3.63) is 10.9 Å². The third-order valence-corrected chi connectivity index (χ3v) is 2.37. The minimum atomic E-state index is -4.19. The Balaban J connectivity index is 3.09. The van der Waals surface area contributed by atoms with Crippen molar-refractivity contribution in [3.8, 4) is 0 Å². The lowest BCUT2D eigenvalue weighted by atomic mass is 10.5. The summed E-state index contributed by atoms with van der Waals surface area (Å²) in [4.78, 5) is 0. The largest absolute Gasteiger partial charge is 0.351 e. The minimum Gasteiger partial charge on any atom is -0.203 e. The minimum absolute atomic E-state index is 1.11. The van der Waals surface area contributed by atoms with Gasteiger partial charge in [-0.15, -0.1) is 0 Å². The van der Waals surface area contributed by atoms with Crippen molar-refractivity contribution in [2.45, 2.75) is 10.5 Å². The summed E-state index contributed by atoms with van der Waals surface area (Å²) in [6.45, 7) is 0. The van der Waals surface area contributed by atoms with Crippen LogP contribution in [0.2, 0.25) is 0 Å². The highest BCUT2D eigenvalue weighted by Gasteiger charge is 2.59. The quantitative estimate of drug-likeness (QED) is 0.553. The second-order valence-electron chi connectivity index (χ2n) is 1.76. The Kier molecular flexibility index (Phi) is 1.87. The fourth-order valence-electron chi connectivity index (χ4n) is 0.506. The zero-order chi connectivity index (χ0) is 8.86. The van der Waals surface area contributed by atoms with E-state index in [0.717, 1.165) is 0 Å². The standard InChI is InChI=1S/C4ClF5S/c5-1-2(6)4(9,10)11-3(1,7)8. The number of hydrogen-bond acceptors (Lipinski definition) is 1. The van der Waals surface area contributed by atoms with Gasteiger partial charge in [0.1, 0.15) is 5.03 Å². The van der Waals surface area contributed by atoms with Crippen molar-refractivity contribution >= 4 is 23.4 Å². The summed E-state index contributed by atoms with van der Waals surface area (Å²) < 4.78 is 60.5. The molecule has 0 bridgehead atoms. The van der Waals surface area contributed by atoms with E-state index in [0.29, 0.717) is 0 Å². The number of thioether (sulfide) groups is 1. The molecule has 11 heavy (non-hydrogen) atoms. The summed E-state index contributed by atoms with van der Waals surface area (Å²) in [7, 11) is 0. The molecule has 0 unspecified atom stereocenters. The molecule has 0 nitrogen and oxygen atoms in total. The van der Waals surface area contributed by atoms with Crippen LogP contribution in [0.5, 0.6) is 0 Å². The summed E-state index contributed by atoms with van der Waals surface area (Å²) >= 11 is 3.49. The monoisotopic (exact) mass is 210 g/mol. The fraction of sp³-hybridized carbons (Fsp3) is 0.500. The molecule has 0 radical (unpaired) electrons. The second-order valence-corrected chi connectivity index (χ2v) is 3.37. The van der Waals surface area contributed by atoms with Gasteiger partial charge in [0.05, 0.1) is 0 Å². The van der Waals surface area contributed by atoms with E-state index in [9.17, 15) is 22.0 Å². The van der Waals surface area contributed by atoms with Crippen molar-refractivity contribution in [3.63, 3.8) is 0 Å². The smallest absolute Gasteiger partial charge is 0.203 e. The van der Waals surface area contributed by atoms with Gasteiger partial charge >= 0.3 is 10.5 Å². The molecule has 0 aromatic carbocycles. The highest BCUT2D eigenvalue weighted by molar-refractivity contribution is 8.02. The predicted molar refractivity (Wildman–Crippen MR) is 31.5 cm³/mol. The number of rotatable bonds is 0. The maximum absolute atomic E-state index is 12.1. The first-order valence-corrected chi connectivity index (χ1v) is 3.49. The van der Waals surface area contributed by atoms with Crippen LogP contribution in [-0.4, -0.2) is 10.5 Å². The van der Waals surface area contributed by atoms with E-state index in [2.05, 4.69) is 11.6 Å². The van der Waals surface area contributed by atoms with E-state index in [1.807, 2.05) is 0 Å². The Bertz CT molecular complexity index is 201. The maximum Gasteiger partial charge on any atom is 0.351 e. The zero-order valence-electron chi connectivity index (χ0n) is 4.68. The fourth-order valence-corrected chi connectivity index (χ4v) is 1.49. The lowest BCUT2D eigenvalue weighted by Gasteiger charge is -2.08. The molecule has 1 heterocycles. The number of hydrogen-bond donors (Lipinski definition) is 0. The summed E-state index contributed by atoms with van der Waals surface area (Å²) in [6, 6.07) is 0. The van der Waals surface area contributed by atoms with Crippen LogP contribution in [0.15, 0.2) is 10.9 Å². The topological polar surface area (TPSA) is 0 Å². The number of alkyl halides is 4. The van der Waals surface area contributed by atoms with Gasteiger partial charge < -0.3 is 0 Å². The molecule has 64 valence electrons. The Hall–Kier alpha value is 0.0300. The summed E-state index contributed by atoms with van der Waals surface area (Å²) in [5.74, 6) is -2.26. The molecule has 1 rings (SSSR count). The zero-order valence-corrected chi connectivity index (χ0v) is 6.25. The van der Waals surface area contributed by atoms with Gasteiger partial charge in [-0.05, 0) is 11.8 Å². The maximum atomic E-state index is 12.1. The van der Waals surface area contributed by atoms with Crippen molar-refractivity contribution in [2.75, 3.05) is 0 Å². The third-order valence-electron chi connectivity index (χ3n) is 0.960. The molecule has 0 N–H and O–H groups in total. The van der Waals surface area contributed by atoms with Gasteiger partial charge in [0.15, 0.2) is 0 Å². The third kappa shape index (κ3) is 1.33. The molecule has 0 saturated carbocycles. The van der Waals surface area contributed by atoms with E-state index in [-0.39, 0.29) is 0 Å². The van der Waals surface area contributed by atoms with E-state index < -0.39 is 33.1 Å². The lowest BCUT2D eigenvalue weighted by molar-refractivity contribution is 0.119. The average molecular weight is 211 g/mol. The molecule has 0 spiro atoms. The second kappa shape index (κ2) is 2.26. The van der Waals surface area contributed by atoms with Gasteiger partial charge in [0.25, 0.3) is 0 Å². The van der Waals surface area contributed by atoms with Crippen molar-refractivity contribution in [1.29, 1.82) is 0 Å². The van der Waals surface area contributed by atoms with Crippen molar-refractivity contribution < 1.29 is 22.0 Å². The molecule has 0 atom stereocenters. The Morgan fingerprint density at radius 1 is 1.09 bits per heavy atom. The Labute approximate surface area is 67.4 Å². The number of halogens is 6. The highest BCUT2D eigenvalue weighted by atomic mass is 35.5. The molecule has 0 fully saturated rings. The summed E-state index contributed by atoms with van der Waals surface area (Å²) in [5, 5.41) is -9.91. The molecule has 0 amide bonds. The van der Waals surface area contributed by atoms with Crippen LogP contribution in [0.1, 0.15) is 0 Å². The lowest BCUT2D eigenvalue weighted by Crippen LogP contribution is -2.11. The molecule has 1 aliphatic heterocycles. The Morgan fingerprint density at radius 3 is 1.64 bits per heavy atom. The SMILES string of the molecule is FC1=C(Cl)C(F)(F)SC1(F)F. The molecule has 0 aromatic rings. The van der Waals surface area contributed by atoms with Crippen LogP contribution in [0, 0.1) is 0 Å².